The van der Waals surface area contributed by atoms with E-state index in [1.807, 2.05) is 44.9 Å². The second-order valence-corrected chi connectivity index (χ2v) is 10.1. The summed E-state index contributed by atoms with van der Waals surface area (Å²) < 4.78 is 43.5. The molecule has 0 radical (unpaired) electrons. The number of aryl methyl sites for hydroxylation is 2. The van der Waals surface area contributed by atoms with Gasteiger partial charge in [0.25, 0.3) is 0 Å². The molecular weight excluding hydrogens is 549 g/mol. The minimum atomic E-state index is -4.14. The number of rotatable bonds is 8. The van der Waals surface area contributed by atoms with E-state index in [1.165, 1.54) is 11.1 Å². The van der Waals surface area contributed by atoms with Crippen LogP contribution in [0.2, 0.25) is 5.02 Å². The molecule has 0 spiro atoms. The summed E-state index contributed by atoms with van der Waals surface area (Å²) in [6.45, 7) is 16.3. The lowest BCUT2D eigenvalue weighted by molar-refractivity contribution is -0.151. The Morgan fingerprint density at radius 2 is 1.59 bits per heavy atom. The van der Waals surface area contributed by atoms with Gasteiger partial charge in [0, 0.05) is 11.4 Å². The highest BCUT2D eigenvalue weighted by atomic mass is 35.5. The van der Waals surface area contributed by atoms with Crippen LogP contribution in [0.5, 0.6) is 5.75 Å². The third-order valence-electron chi connectivity index (χ3n) is 6.05. The van der Waals surface area contributed by atoms with Gasteiger partial charge >= 0.3 is 6.18 Å². The van der Waals surface area contributed by atoms with E-state index in [1.54, 1.807) is 38.1 Å². The first-order valence-corrected chi connectivity index (χ1v) is 14.1. The van der Waals surface area contributed by atoms with Crippen molar-refractivity contribution in [3.63, 3.8) is 0 Å². The number of benzene rings is 3. The van der Waals surface area contributed by atoms with Crippen LogP contribution < -0.4 is 4.74 Å². The highest BCUT2D eigenvalue weighted by Crippen LogP contribution is 2.37. The van der Waals surface area contributed by atoms with E-state index >= 15 is 0 Å². The van der Waals surface area contributed by atoms with Crippen molar-refractivity contribution in [3.05, 3.63) is 99.6 Å². The van der Waals surface area contributed by atoms with Crippen molar-refractivity contribution in [2.45, 2.75) is 85.7 Å². The predicted molar refractivity (Wildman–Crippen MR) is 164 cm³/mol. The molecule has 0 bridgehead atoms. The molecule has 0 N–H and O–H groups in total. The van der Waals surface area contributed by atoms with E-state index in [4.69, 9.17) is 21.1 Å². The fourth-order valence-electron chi connectivity index (χ4n) is 3.99. The monoisotopic (exact) mass is 592 g/mol. The van der Waals surface area contributed by atoms with E-state index in [-0.39, 0.29) is 12.2 Å². The molecule has 7 heteroatoms. The highest BCUT2D eigenvalue weighted by Gasteiger charge is 2.39. The van der Waals surface area contributed by atoms with Crippen molar-refractivity contribution >= 4 is 24.2 Å². The van der Waals surface area contributed by atoms with Crippen LogP contribution in [-0.2, 0) is 22.4 Å². The lowest BCUT2D eigenvalue weighted by atomic mass is 9.94. The van der Waals surface area contributed by atoms with Crippen LogP contribution in [0.4, 0.5) is 13.2 Å². The SMILES string of the molecule is C=O.CC(=O)Cc1ccccc1Cl.CCOc1cc(C)ccc1C(C)C.CCc1cccc(C(CC)C(F)(F)F)c1. The smallest absolute Gasteiger partial charge is 0.395 e. The molecule has 0 aliphatic heterocycles. The number of carbonyl (C=O) groups is 2. The summed E-state index contributed by atoms with van der Waals surface area (Å²) in [6.07, 6.45) is -2.85. The van der Waals surface area contributed by atoms with Crippen molar-refractivity contribution < 1.29 is 27.5 Å². The second kappa shape index (κ2) is 19.9. The van der Waals surface area contributed by atoms with Crippen molar-refractivity contribution in [2.24, 2.45) is 0 Å². The molecule has 0 aromatic heterocycles. The van der Waals surface area contributed by atoms with Gasteiger partial charge in [-0.1, -0.05) is 93.9 Å². The van der Waals surface area contributed by atoms with Gasteiger partial charge in [0.1, 0.15) is 18.3 Å². The number of Topliss-reactive ketones (excluding diaryl/α,β-unsaturated/α-hetero) is 1. The fraction of sp³-hybridized carbons (Fsp3) is 0.412. The fourth-order valence-corrected chi connectivity index (χ4v) is 4.20. The van der Waals surface area contributed by atoms with Gasteiger partial charge in [-0.2, -0.15) is 13.2 Å². The maximum atomic E-state index is 12.6. The van der Waals surface area contributed by atoms with Crippen LogP contribution in [-0.4, -0.2) is 25.4 Å². The summed E-state index contributed by atoms with van der Waals surface area (Å²) >= 11 is 5.82. The Kier molecular flexibility index (Phi) is 18.4. The Morgan fingerprint density at radius 3 is 2.07 bits per heavy atom. The molecule has 226 valence electrons. The summed E-state index contributed by atoms with van der Waals surface area (Å²) in [5.74, 6) is 0.377. The molecule has 0 amide bonds. The molecule has 3 nitrogen and oxygen atoms in total. The van der Waals surface area contributed by atoms with E-state index in [9.17, 15) is 18.0 Å². The molecule has 0 aliphatic carbocycles. The van der Waals surface area contributed by atoms with Gasteiger partial charge in [-0.05, 0) is 79.5 Å². The van der Waals surface area contributed by atoms with Crippen LogP contribution in [0.15, 0.2) is 66.7 Å². The predicted octanol–water partition coefficient (Wildman–Crippen LogP) is 10.1. The molecule has 3 rings (SSSR count). The van der Waals surface area contributed by atoms with E-state index < -0.39 is 12.1 Å². The average Bonchev–Trinajstić information content (AvgIpc) is 2.91. The maximum Gasteiger partial charge on any atom is 0.395 e. The van der Waals surface area contributed by atoms with E-state index in [2.05, 4.69) is 39.0 Å². The average molecular weight is 593 g/mol. The summed E-state index contributed by atoms with van der Waals surface area (Å²) in [5.41, 5.74) is 4.79. The molecule has 0 saturated carbocycles. The highest BCUT2D eigenvalue weighted by molar-refractivity contribution is 6.31. The van der Waals surface area contributed by atoms with Crippen LogP contribution in [0.1, 0.15) is 87.6 Å². The van der Waals surface area contributed by atoms with Crippen LogP contribution in [0.25, 0.3) is 0 Å². The number of hydrogen-bond acceptors (Lipinski definition) is 3. The van der Waals surface area contributed by atoms with Gasteiger partial charge < -0.3 is 9.53 Å². The first-order valence-electron chi connectivity index (χ1n) is 13.7. The molecule has 0 fully saturated rings. The zero-order valence-corrected chi connectivity index (χ0v) is 26.0. The molecule has 3 aromatic carbocycles. The first kappa shape index (κ1) is 37.9. The lowest BCUT2D eigenvalue weighted by Gasteiger charge is -2.19. The minimum absolute atomic E-state index is 0.0939. The standard InChI is InChI=1S/C12H15F3.C12H18O.C9H9ClO.CH2O/c1-3-9-6-5-7-10(8-9)11(4-2)12(13,14)15;1-5-13-12-8-10(4)6-7-11(12)9(2)3;1-7(11)6-8-4-2-3-5-9(8)10;1-2/h5-8,11H,3-4H2,1-2H3;6-9H,5H2,1-4H3;2-5H,6H2,1H3;1H2. The normalized spacial score (nSPS) is 11.1. The van der Waals surface area contributed by atoms with Crippen molar-refractivity contribution in [2.75, 3.05) is 6.61 Å². The molecule has 0 saturated heterocycles. The van der Waals surface area contributed by atoms with Gasteiger partial charge in [-0.3, -0.25) is 4.79 Å². The molecule has 0 heterocycles. The molecule has 0 aliphatic rings. The largest absolute Gasteiger partial charge is 0.494 e. The number of alkyl halides is 3. The van der Waals surface area contributed by atoms with E-state index in [0.29, 0.717) is 22.9 Å². The summed E-state index contributed by atoms with van der Waals surface area (Å²) in [6, 6.07) is 20.6. The summed E-state index contributed by atoms with van der Waals surface area (Å²) in [4.78, 5) is 18.7. The number of ether oxygens (including phenoxy) is 1. The molecule has 1 atom stereocenters. The zero-order chi connectivity index (χ0) is 31.6. The molecule has 3 aromatic rings. The zero-order valence-electron chi connectivity index (χ0n) is 25.3. The van der Waals surface area contributed by atoms with Gasteiger partial charge in [-0.15, -0.1) is 0 Å². The van der Waals surface area contributed by atoms with Crippen LogP contribution in [0.3, 0.4) is 0 Å². The van der Waals surface area contributed by atoms with Crippen LogP contribution >= 0.6 is 11.6 Å². The summed E-state index contributed by atoms with van der Waals surface area (Å²) in [5, 5.41) is 0.669. The third-order valence-corrected chi connectivity index (χ3v) is 6.42. The Balaban J connectivity index is 0.000000573. The van der Waals surface area contributed by atoms with Crippen molar-refractivity contribution in [1.82, 2.24) is 0 Å². The van der Waals surface area contributed by atoms with Crippen molar-refractivity contribution in [3.8, 4) is 5.75 Å². The first-order chi connectivity index (χ1) is 19.3. The maximum absolute atomic E-state index is 12.6. The third kappa shape index (κ3) is 14.4. The number of ketones is 1. The number of halogens is 4. The Labute approximate surface area is 249 Å². The molecular formula is C34H44ClF3O3. The molecule has 1 unspecified atom stereocenters. The lowest BCUT2D eigenvalue weighted by Crippen LogP contribution is -2.20. The van der Waals surface area contributed by atoms with Crippen molar-refractivity contribution in [1.29, 1.82) is 0 Å². The quantitative estimate of drug-likeness (QED) is 0.261. The summed E-state index contributed by atoms with van der Waals surface area (Å²) in [7, 11) is 0. The number of carbonyl (C=O) groups excluding carboxylic acids is 2. The van der Waals surface area contributed by atoms with Crippen LogP contribution in [0, 0.1) is 6.92 Å². The van der Waals surface area contributed by atoms with Gasteiger partial charge in [0.15, 0.2) is 0 Å². The Morgan fingerprint density at radius 1 is 0.951 bits per heavy atom. The van der Waals surface area contributed by atoms with Gasteiger partial charge in [-0.25, -0.2) is 0 Å². The van der Waals surface area contributed by atoms with E-state index in [0.717, 1.165) is 29.9 Å². The topological polar surface area (TPSA) is 43.4 Å². The molecule has 41 heavy (non-hydrogen) atoms. The second-order valence-electron chi connectivity index (χ2n) is 9.70. The van der Waals surface area contributed by atoms with Gasteiger partial charge in [0.05, 0.1) is 12.5 Å². The number of hydrogen-bond donors (Lipinski definition) is 0. The minimum Gasteiger partial charge on any atom is -0.494 e. The Hall–Kier alpha value is -3.12. The Bertz CT molecular complexity index is 1180. The van der Waals surface area contributed by atoms with Gasteiger partial charge in [0.2, 0.25) is 0 Å².